The second-order valence-corrected chi connectivity index (χ2v) is 8.09. The first-order valence-corrected chi connectivity index (χ1v) is 11.0. The molecule has 0 aliphatic carbocycles. The molecule has 31 heavy (non-hydrogen) atoms. The van der Waals surface area contributed by atoms with E-state index in [2.05, 4.69) is 32.4 Å². The SMILES string of the molecule is CN=C(NCCCCN1CCC(C(N)=O)CC1)NCc1coc(-c2ccc(C)cc2)n1. The van der Waals surface area contributed by atoms with Crippen LogP contribution in [0.2, 0.25) is 0 Å². The van der Waals surface area contributed by atoms with E-state index in [1.165, 1.54) is 5.56 Å². The first-order chi connectivity index (χ1) is 15.0. The van der Waals surface area contributed by atoms with E-state index in [0.717, 1.165) is 69.1 Å². The summed E-state index contributed by atoms with van der Waals surface area (Å²) < 4.78 is 5.61. The third-order valence-corrected chi connectivity index (χ3v) is 5.69. The van der Waals surface area contributed by atoms with Gasteiger partial charge in [-0.1, -0.05) is 17.7 Å². The zero-order valence-corrected chi connectivity index (χ0v) is 18.6. The fourth-order valence-electron chi connectivity index (χ4n) is 3.72. The molecule has 8 heteroatoms. The number of nitrogens with two attached hydrogens (primary N) is 1. The van der Waals surface area contributed by atoms with Crippen LogP contribution >= 0.6 is 0 Å². The van der Waals surface area contributed by atoms with Gasteiger partial charge in [0.15, 0.2) is 5.96 Å². The molecular weight excluding hydrogens is 392 g/mol. The predicted molar refractivity (Wildman–Crippen MR) is 122 cm³/mol. The minimum Gasteiger partial charge on any atom is -0.444 e. The number of rotatable bonds is 9. The molecule has 2 heterocycles. The summed E-state index contributed by atoms with van der Waals surface area (Å²) in [5.41, 5.74) is 8.41. The average Bonchev–Trinajstić information content (AvgIpc) is 3.25. The Morgan fingerprint density at radius 1 is 1.23 bits per heavy atom. The Balaban J connectivity index is 1.31. The second kappa shape index (κ2) is 11.5. The molecule has 1 aliphatic rings. The maximum Gasteiger partial charge on any atom is 0.226 e. The van der Waals surface area contributed by atoms with Crippen LogP contribution in [0, 0.1) is 12.8 Å². The van der Waals surface area contributed by atoms with Crippen LogP contribution < -0.4 is 16.4 Å². The number of primary amides is 1. The Morgan fingerprint density at radius 3 is 2.65 bits per heavy atom. The molecule has 2 aromatic rings. The molecule has 1 saturated heterocycles. The Morgan fingerprint density at radius 2 is 1.97 bits per heavy atom. The highest BCUT2D eigenvalue weighted by Gasteiger charge is 2.22. The number of aromatic nitrogens is 1. The van der Waals surface area contributed by atoms with E-state index in [9.17, 15) is 4.79 Å². The van der Waals surface area contributed by atoms with Crippen LogP contribution in [0.3, 0.4) is 0 Å². The second-order valence-electron chi connectivity index (χ2n) is 8.09. The molecule has 1 fully saturated rings. The van der Waals surface area contributed by atoms with Crippen LogP contribution in [0.1, 0.15) is 36.9 Å². The van der Waals surface area contributed by atoms with E-state index < -0.39 is 0 Å². The van der Waals surface area contributed by atoms with E-state index in [1.807, 2.05) is 24.3 Å². The molecule has 168 valence electrons. The average molecular weight is 427 g/mol. The van der Waals surface area contributed by atoms with Crippen molar-refractivity contribution in [2.75, 3.05) is 33.2 Å². The number of piperidine rings is 1. The largest absolute Gasteiger partial charge is 0.444 e. The minimum absolute atomic E-state index is 0.0602. The first-order valence-electron chi connectivity index (χ1n) is 11.0. The quantitative estimate of drug-likeness (QED) is 0.322. The summed E-state index contributed by atoms with van der Waals surface area (Å²) in [7, 11) is 1.76. The number of unbranched alkanes of at least 4 members (excludes halogenated alkanes) is 1. The lowest BCUT2D eigenvalue weighted by Gasteiger charge is -2.30. The van der Waals surface area contributed by atoms with Crippen molar-refractivity contribution >= 4 is 11.9 Å². The number of benzene rings is 1. The van der Waals surface area contributed by atoms with Crippen molar-refractivity contribution in [2.45, 2.75) is 39.2 Å². The maximum atomic E-state index is 11.2. The smallest absolute Gasteiger partial charge is 0.226 e. The van der Waals surface area contributed by atoms with Gasteiger partial charge in [0.2, 0.25) is 11.8 Å². The number of nitrogens with zero attached hydrogens (tertiary/aromatic N) is 3. The number of amides is 1. The number of hydrogen-bond donors (Lipinski definition) is 3. The Bertz CT molecular complexity index is 853. The van der Waals surface area contributed by atoms with Crippen molar-refractivity contribution in [3.63, 3.8) is 0 Å². The predicted octanol–water partition coefficient (Wildman–Crippen LogP) is 2.29. The first kappa shape index (κ1) is 22.8. The van der Waals surface area contributed by atoms with Crippen molar-refractivity contribution < 1.29 is 9.21 Å². The molecule has 3 rings (SSSR count). The van der Waals surface area contributed by atoms with Crippen LogP contribution in [0.5, 0.6) is 0 Å². The van der Waals surface area contributed by atoms with E-state index in [-0.39, 0.29) is 11.8 Å². The van der Waals surface area contributed by atoms with Gasteiger partial charge in [-0.2, -0.15) is 0 Å². The normalized spacial score (nSPS) is 15.7. The molecule has 1 aliphatic heterocycles. The van der Waals surface area contributed by atoms with Gasteiger partial charge in [0, 0.05) is 25.1 Å². The molecule has 0 unspecified atom stereocenters. The molecule has 0 spiro atoms. The number of carbonyl (C=O) groups is 1. The fraction of sp³-hybridized carbons (Fsp3) is 0.522. The highest BCUT2D eigenvalue weighted by atomic mass is 16.3. The molecule has 0 saturated carbocycles. The lowest BCUT2D eigenvalue weighted by atomic mass is 9.96. The molecule has 4 N–H and O–H groups in total. The van der Waals surface area contributed by atoms with Crippen LogP contribution in [0.25, 0.3) is 11.5 Å². The van der Waals surface area contributed by atoms with Crippen molar-refractivity contribution in [3.05, 3.63) is 41.8 Å². The highest BCUT2D eigenvalue weighted by molar-refractivity contribution is 5.79. The van der Waals surface area contributed by atoms with Gasteiger partial charge in [0.25, 0.3) is 0 Å². The van der Waals surface area contributed by atoms with E-state index in [4.69, 9.17) is 10.2 Å². The minimum atomic E-state index is -0.153. The molecule has 1 aromatic carbocycles. The molecule has 1 aromatic heterocycles. The third kappa shape index (κ3) is 7.10. The molecule has 0 bridgehead atoms. The Hall–Kier alpha value is -2.87. The van der Waals surface area contributed by atoms with Gasteiger partial charge in [-0.05, 0) is 64.4 Å². The van der Waals surface area contributed by atoms with Crippen LogP contribution in [-0.4, -0.2) is 55.0 Å². The van der Waals surface area contributed by atoms with E-state index >= 15 is 0 Å². The fourth-order valence-corrected chi connectivity index (χ4v) is 3.72. The highest BCUT2D eigenvalue weighted by Crippen LogP contribution is 2.19. The van der Waals surface area contributed by atoms with Gasteiger partial charge in [0.1, 0.15) is 6.26 Å². The van der Waals surface area contributed by atoms with Crippen molar-refractivity contribution in [1.29, 1.82) is 0 Å². The van der Waals surface area contributed by atoms with Gasteiger partial charge in [-0.25, -0.2) is 4.98 Å². The zero-order chi connectivity index (χ0) is 22.1. The van der Waals surface area contributed by atoms with Gasteiger partial charge in [-0.3, -0.25) is 9.79 Å². The van der Waals surface area contributed by atoms with E-state index in [0.29, 0.717) is 12.4 Å². The molecule has 1 amide bonds. The summed E-state index contributed by atoms with van der Waals surface area (Å²) in [4.78, 5) is 22.5. The Labute approximate surface area is 184 Å². The number of aliphatic imine (C=N–C) groups is 1. The number of aryl methyl sites for hydroxylation is 1. The Kier molecular flexibility index (Phi) is 8.46. The summed E-state index contributed by atoms with van der Waals surface area (Å²) in [6.07, 6.45) is 5.61. The lowest BCUT2D eigenvalue weighted by molar-refractivity contribution is -0.123. The number of guanidine groups is 1. The summed E-state index contributed by atoms with van der Waals surface area (Å²) in [6, 6.07) is 8.12. The third-order valence-electron chi connectivity index (χ3n) is 5.69. The van der Waals surface area contributed by atoms with E-state index in [1.54, 1.807) is 13.3 Å². The van der Waals surface area contributed by atoms with Gasteiger partial charge < -0.3 is 25.7 Å². The van der Waals surface area contributed by atoms with Crippen molar-refractivity contribution in [3.8, 4) is 11.5 Å². The number of hydrogen-bond acceptors (Lipinski definition) is 5. The van der Waals surface area contributed by atoms with Crippen LogP contribution in [0.4, 0.5) is 0 Å². The van der Waals surface area contributed by atoms with Crippen LogP contribution in [0.15, 0.2) is 39.9 Å². The summed E-state index contributed by atoms with van der Waals surface area (Å²) >= 11 is 0. The van der Waals surface area contributed by atoms with Crippen molar-refractivity contribution in [2.24, 2.45) is 16.6 Å². The molecule has 0 atom stereocenters. The lowest BCUT2D eigenvalue weighted by Crippen LogP contribution is -2.39. The number of nitrogens with one attached hydrogen (secondary N) is 2. The number of carbonyl (C=O) groups excluding carboxylic acids is 1. The summed E-state index contributed by atoms with van der Waals surface area (Å²) in [5, 5.41) is 6.62. The summed E-state index contributed by atoms with van der Waals surface area (Å²) in [5.74, 6) is 1.28. The molecule has 8 nitrogen and oxygen atoms in total. The zero-order valence-electron chi connectivity index (χ0n) is 18.6. The van der Waals surface area contributed by atoms with Gasteiger partial charge in [0.05, 0.1) is 12.2 Å². The van der Waals surface area contributed by atoms with Crippen LogP contribution in [-0.2, 0) is 11.3 Å². The van der Waals surface area contributed by atoms with Crippen molar-refractivity contribution in [1.82, 2.24) is 20.5 Å². The summed E-state index contributed by atoms with van der Waals surface area (Å²) in [6.45, 7) is 6.44. The standard InChI is InChI=1S/C23H34N6O2/c1-17-5-7-19(8-6-17)22-28-20(16-31-22)15-27-23(25-2)26-11-3-4-12-29-13-9-18(10-14-29)21(24)30/h5-8,16,18H,3-4,9-15H2,1-2H3,(H2,24,30)(H2,25,26,27). The molecule has 0 radical (unpaired) electrons. The molecular formula is C23H34N6O2. The maximum absolute atomic E-state index is 11.2. The van der Waals surface area contributed by atoms with Gasteiger partial charge in [-0.15, -0.1) is 0 Å². The number of likely N-dealkylation sites (tertiary alicyclic amines) is 1. The monoisotopic (exact) mass is 426 g/mol. The van der Waals surface area contributed by atoms with Gasteiger partial charge >= 0.3 is 0 Å². The number of oxazole rings is 1. The topological polar surface area (TPSA) is 109 Å².